The molecule has 0 aliphatic carbocycles. The quantitative estimate of drug-likeness (QED) is 0.135. The lowest BCUT2D eigenvalue weighted by Gasteiger charge is -2.27. The minimum absolute atomic E-state index is 0.342. The molecule has 0 radical (unpaired) electrons. The summed E-state index contributed by atoms with van der Waals surface area (Å²) in [5.74, 6) is 0.342. The third-order valence-corrected chi connectivity index (χ3v) is 12.1. The minimum atomic E-state index is -1.77. The van der Waals surface area contributed by atoms with Gasteiger partial charge in [-0.1, -0.05) is 120 Å². The number of rotatable bonds is 18. The summed E-state index contributed by atoms with van der Waals surface area (Å²) < 4.78 is 0. The zero-order valence-electron chi connectivity index (χ0n) is 22.6. The van der Waals surface area contributed by atoms with E-state index in [1.807, 2.05) is 12.1 Å². The lowest BCUT2D eigenvalue weighted by Crippen LogP contribution is -2.33. The standard InChI is InChI=1S/C34H47OP/c1-2-3-4-5-6-7-8-9-10-11-12-13-14-21-30-36(32-22-17-15-18-23-32,33-24-19-16-20-25-33)34-28-26-31(35)27-29-34/h15-20,22-29H,2-14,21,30H2,1H3/p+1. The first-order chi connectivity index (χ1) is 17.8. The van der Waals surface area contributed by atoms with Crippen LogP contribution in [0.25, 0.3) is 0 Å². The molecule has 0 saturated carbocycles. The van der Waals surface area contributed by atoms with Crippen molar-refractivity contribution in [1.29, 1.82) is 0 Å². The predicted octanol–water partition coefficient (Wildman–Crippen LogP) is 9.17. The number of phenols is 1. The Bertz CT molecular complexity index is 896. The molecule has 3 aromatic carbocycles. The number of phenolic OH excluding ortho intramolecular Hbond substituents is 1. The fourth-order valence-corrected chi connectivity index (χ4v) is 9.84. The molecule has 0 amide bonds. The summed E-state index contributed by atoms with van der Waals surface area (Å²) >= 11 is 0. The second-order valence-corrected chi connectivity index (χ2v) is 13.9. The van der Waals surface area contributed by atoms with Crippen molar-refractivity contribution in [3.05, 3.63) is 84.9 Å². The molecule has 0 atom stereocenters. The monoisotopic (exact) mass is 503 g/mol. The van der Waals surface area contributed by atoms with E-state index >= 15 is 0 Å². The summed E-state index contributed by atoms with van der Waals surface area (Å²) in [5.41, 5.74) is 0. The highest BCUT2D eigenvalue weighted by Crippen LogP contribution is 2.56. The third kappa shape index (κ3) is 8.77. The number of aromatic hydroxyl groups is 1. The van der Waals surface area contributed by atoms with Crippen molar-refractivity contribution in [2.45, 2.75) is 96.8 Å². The lowest BCUT2D eigenvalue weighted by molar-refractivity contribution is 0.475. The molecule has 0 aliphatic heterocycles. The van der Waals surface area contributed by atoms with Gasteiger partial charge in [0.15, 0.2) is 0 Å². The van der Waals surface area contributed by atoms with Gasteiger partial charge in [0, 0.05) is 0 Å². The van der Waals surface area contributed by atoms with Crippen LogP contribution in [0.1, 0.15) is 96.8 Å². The summed E-state index contributed by atoms with van der Waals surface area (Å²) in [7, 11) is -1.77. The maximum absolute atomic E-state index is 9.98. The van der Waals surface area contributed by atoms with Crippen molar-refractivity contribution in [2.24, 2.45) is 0 Å². The molecule has 194 valence electrons. The van der Waals surface area contributed by atoms with E-state index in [-0.39, 0.29) is 0 Å². The van der Waals surface area contributed by atoms with Crippen LogP contribution in [0, 0.1) is 0 Å². The molecule has 0 saturated heterocycles. The molecule has 0 unspecified atom stereocenters. The molecule has 0 aromatic heterocycles. The smallest absolute Gasteiger partial charge is 0.115 e. The largest absolute Gasteiger partial charge is 0.508 e. The van der Waals surface area contributed by atoms with Crippen LogP contribution in [0.5, 0.6) is 5.75 Å². The van der Waals surface area contributed by atoms with E-state index in [0.717, 1.165) is 0 Å². The van der Waals surface area contributed by atoms with Gasteiger partial charge < -0.3 is 5.11 Å². The molecule has 0 aliphatic rings. The Hall–Kier alpha value is -2.11. The molecular weight excluding hydrogens is 455 g/mol. The maximum atomic E-state index is 9.98. The lowest BCUT2D eigenvalue weighted by atomic mass is 10.0. The summed E-state index contributed by atoms with van der Waals surface area (Å²) in [5, 5.41) is 14.2. The Morgan fingerprint density at radius 3 is 1.22 bits per heavy atom. The highest BCUT2D eigenvalue weighted by molar-refractivity contribution is 7.95. The molecule has 1 N–H and O–H groups in total. The van der Waals surface area contributed by atoms with E-state index in [1.54, 1.807) is 0 Å². The second-order valence-electron chi connectivity index (χ2n) is 10.3. The van der Waals surface area contributed by atoms with Gasteiger partial charge >= 0.3 is 0 Å². The van der Waals surface area contributed by atoms with Crippen molar-refractivity contribution in [3.8, 4) is 5.75 Å². The third-order valence-electron chi connectivity index (χ3n) is 7.53. The van der Waals surface area contributed by atoms with Crippen LogP contribution in [0.3, 0.4) is 0 Å². The Morgan fingerprint density at radius 2 is 0.806 bits per heavy atom. The Kier molecular flexibility index (Phi) is 13.1. The zero-order chi connectivity index (χ0) is 25.3. The van der Waals surface area contributed by atoms with Gasteiger partial charge in [0.2, 0.25) is 0 Å². The summed E-state index contributed by atoms with van der Waals surface area (Å²) in [4.78, 5) is 0. The molecule has 2 heteroatoms. The van der Waals surface area contributed by atoms with Gasteiger partial charge in [0.05, 0.1) is 6.16 Å². The second kappa shape index (κ2) is 16.6. The topological polar surface area (TPSA) is 20.2 Å². The highest BCUT2D eigenvalue weighted by Gasteiger charge is 2.44. The summed E-state index contributed by atoms with van der Waals surface area (Å²) in [6.07, 6.45) is 20.6. The van der Waals surface area contributed by atoms with Gasteiger partial charge in [-0.05, 0) is 61.4 Å². The normalized spacial score (nSPS) is 11.6. The summed E-state index contributed by atoms with van der Waals surface area (Å²) in [6.45, 7) is 2.29. The first-order valence-corrected chi connectivity index (χ1v) is 16.5. The number of benzene rings is 3. The van der Waals surface area contributed by atoms with Crippen LogP contribution in [-0.4, -0.2) is 11.3 Å². The SMILES string of the molecule is CCCCCCCCCCCCCCCC[P+](c1ccccc1)(c1ccccc1)c1ccc(O)cc1. The summed E-state index contributed by atoms with van der Waals surface area (Å²) in [6, 6.07) is 30.3. The fraction of sp³-hybridized carbons (Fsp3) is 0.471. The van der Waals surface area contributed by atoms with Gasteiger partial charge in [0.25, 0.3) is 0 Å². The molecular formula is C34H48OP+. The Balaban J connectivity index is 1.52. The van der Waals surface area contributed by atoms with Gasteiger partial charge in [-0.25, -0.2) is 0 Å². The molecule has 1 nitrogen and oxygen atoms in total. The average molecular weight is 504 g/mol. The molecule has 3 aromatic rings. The van der Waals surface area contributed by atoms with Gasteiger partial charge in [-0.3, -0.25) is 0 Å². The van der Waals surface area contributed by atoms with Crippen LogP contribution >= 0.6 is 7.26 Å². The van der Waals surface area contributed by atoms with Crippen molar-refractivity contribution < 1.29 is 5.11 Å². The first-order valence-electron chi connectivity index (χ1n) is 14.6. The van der Waals surface area contributed by atoms with Crippen LogP contribution in [-0.2, 0) is 0 Å². The van der Waals surface area contributed by atoms with Crippen molar-refractivity contribution in [3.63, 3.8) is 0 Å². The zero-order valence-corrected chi connectivity index (χ0v) is 23.5. The minimum Gasteiger partial charge on any atom is -0.508 e. The van der Waals surface area contributed by atoms with E-state index < -0.39 is 7.26 Å². The average Bonchev–Trinajstić information content (AvgIpc) is 2.93. The molecule has 0 heterocycles. The molecule has 36 heavy (non-hydrogen) atoms. The highest BCUT2D eigenvalue weighted by atomic mass is 31.2. The van der Waals surface area contributed by atoms with E-state index in [9.17, 15) is 5.11 Å². The molecule has 0 bridgehead atoms. The van der Waals surface area contributed by atoms with E-state index in [0.29, 0.717) is 5.75 Å². The predicted molar refractivity (Wildman–Crippen MR) is 162 cm³/mol. The van der Waals surface area contributed by atoms with E-state index in [1.165, 1.54) is 112 Å². The number of hydrogen-bond donors (Lipinski definition) is 1. The number of unbranched alkanes of at least 4 members (excludes halogenated alkanes) is 13. The van der Waals surface area contributed by atoms with Gasteiger partial charge in [-0.2, -0.15) is 0 Å². The van der Waals surface area contributed by atoms with Crippen LogP contribution < -0.4 is 15.9 Å². The van der Waals surface area contributed by atoms with Crippen LogP contribution in [0.4, 0.5) is 0 Å². The Labute approximate surface area is 221 Å². The molecule has 3 rings (SSSR count). The van der Waals surface area contributed by atoms with Crippen molar-refractivity contribution in [1.82, 2.24) is 0 Å². The number of hydrogen-bond acceptors (Lipinski definition) is 1. The fourth-order valence-electron chi connectivity index (χ4n) is 5.45. The Morgan fingerprint density at radius 1 is 0.444 bits per heavy atom. The first kappa shape index (κ1) is 28.5. The van der Waals surface area contributed by atoms with Crippen LogP contribution in [0.15, 0.2) is 84.9 Å². The van der Waals surface area contributed by atoms with Gasteiger partial charge in [0.1, 0.15) is 28.9 Å². The van der Waals surface area contributed by atoms with Gasteiger partial charge in [-0.15, -0.1) is 0 Å². The van der Waals surface area contributed by atoms with E-state index in [2.05, 4.69) is 79.7 Å². The van der Waals surface area contributed by atoms with Crippen molar-refractivity contribution >= 4 is 23.2 Å². The van der Waals surface area contributed by atoms with Crippen molar-refractivity contribution in [2.75, 3.05) is 6.16 Å². The molecule has 0 fully saturated rings. The van der Waals surface area contributed by atoms with Crippen LogP contribution in [0.2, 0.25) is 0 Å². The molecule has 0 spiro atoms. The van der Waals surface area contributed by atoms with E-state index in [4.69, 9.17) is 0 Å². The maximum Gasteiger partial charge on any atom is 0.115 e.